The molecule has 0 radical (unpaired) electrons. The number of likely N-dealkylation sites (tertiary alicyclic amines) is 1. The second-order valence-corrected chi connectivity index (χ2v) is 6.48. The molecule has 0 aliphatic carbocycles. The highest BCUT2D eigenvalue weighted by Gasteiger charge is 2.22. The summed E-state index contributed by atoms with van der Waals surface area (Å²) in [5.74, 6) is -0.930. The lowest BCUT2D eigenvalue weighted by Crippen LogP contribution is -2.19. The molecule has 0 saturated carbocycles. The number of hydrogen-bond acceptors (Lipinski definition) is 4. The van der Waals surface area contributed by atoms with E-state index in [1.54, 1.807) is 0 Å². The molecule has 1 saturated heterocycles. The number of carboxylic acid groups (broad SMARTS) is 1. The van der Waals surface area contributed by atoms with E-state index in [0.717, 1.165) is 34.1 Å². The van der Waals surface area contributed by atoms with Crippen molar-refractivity contribution in [1.82, 2.24) is 9.88 Å². The van der Waals surface area contributed by atoms with Crippen LogP contribution in [0.3, 0.4) is 0 Å². The molecule has 2 heterocycles. The van der Waals surface area contributed by atoms with Crippen molar-refractivity contribution in [2.75, 3.05) is 13.1 Å². The van der Waals surface area contributed by atoms with Crippen molar-refractivity contribution in [2.45, 2.75) is 26.3 Å². The Bertz CT molecular complexity index is 660. The SMILES string of the molecule is Cc1ccccc1-c1nc(C(=O)O)c(CN2CCCC2)s1. The summed E-state index contributed by atoms with van der Waals surface area (Å²) < 4.78 is 0. The Morgan fingerprint density at radius 1 is 1.33 bits per heavy atom. The van der Waals surface area contributed by atoms with Gasteiger partial charge < -0.3 is 5.11 Å². The van der Waals surface area contributed by atoms with E-state index >= 15 is 0 Å². The minimum atomic E-state index is -0.930. The number of thiazole rings is 1. The number of carbonyl (C=O) groups is 1. The fourth-order valence-corrected chi connectivity index (χ4v) is 3.88. The number of aryl methyl sites for hydroxylation is 1. The van der Waals surface area contributed by atoms with Crippen LogP contribution >= 0.6 is 11.3 Å². The lowest BCUT2D eigenvalue weighted by atomic mass is 10.1. The highest BCUT2D eigenvalue weighted by Crippen LogP contribution is 2.31. The van der Waals surface area contributed by atoms with Crippen molar-refractivity contribution in [3.63, 3.8) is 0 Å². The molecule has 21 heavy (non-hydrogen) atoms. The van der Waals surface area contributed by atoms with Crippen molar-refractivity contribution in [3.8, 4) is 10.6 Å². The molecular formula is C16H18N2O2S. The second-order valence-electron chi connectivity index (χ2n) is 5.39. The average molecular weight is 302 g/mol. The summed E-state index contributed by atoms with van der Waals surface area (Å²) in [6.45, 7) is 4.83. The zero-order valence-electron chi connectivity index (χ0n) is 12.0. The van der Waals surface area contributed by atoms with Crippen molar-refractivity contribution in [1.29, 1.82) is 0 Å². The van der Waals surface area contributed by atoms with Gasteiger partial charge in [0, 0.05) is 12.1 Å². The molecule has 0 spiro atoms. The Morgan fingerprint density at radius 2 is 2.05 bits per heavy atom. The molecule has 0 amide bonds. The van der Waals surface area contributed by atoms with Crippen LogP contribution < -0.4 is 0 Å². The minimum absolute atomic E-state index is 0.213. The summed E-state index contributed by atoms with van der Waals surface area (Å²) in [7, 11) is 0. The summed E-state index contributed by atoms with van der Waals surface area (Å²) in [4.78, 5) is 19.0. The Hall–Kier alpha value is -1.72. The zero-order valence-corrected chi connectivity index (χ0v) is 12.8. The van der Waals surface area contributed by atoms with E-state index in [9.17, 15) is 9.90 Å². The van der Waals surface area contributed by atoms with Gasteiger partial charge in [-0.1, -0.05) is 24.3 Å². The van der Waals surface area contributed by atoms with E-state index < -0.39 is 5.97 Å². The lowest BCUT2D eigenvalue weighted by molar-refractivity contribution is 0.0689. The van der Waals surface area contributed by atoms with E-state index in [2.05, 4.69) is 9.88 Å². The Morgan fingerprint density at radius 3 is 2.71 bits per heavy atom. The van der Waals surface area contributed by atoms with Gasteiger partial charge in [0.2, 0.25) is 0 Å². The maximum Gasteiger partial charge on any atom is 0.355 e. The van der Waals surface area contributed by atoms with Gasteiger partial charge in [-0.25, -0.2) is 9.78 Å². The van der Waals surface area contributed by atoms with Gasteiger partial charge in [-0.3, -0.25) is 4.90 Å². The van der Waals surface area contributed by atoms with E-state index in [-0.39, 0.29) is 5.69 Å². The molecule has 2 aromatic rings. The highest BCUT2D eigenvalue weighted by molar-refractivity contribution is 7.15. The summed E-state index contributed by atoms with van der Waals surface area (Å²) in [5.41, 5.74) is 2.36. The molecule has 1 N–H and O–H groups in total. The second kappa shape index (κ2) is 5.95. The lowest BCUT2D eigenvalue weighted by Gasteiger charge is -2.12. The first-order valence-electron chi connectivity index (χ1n) is 7.16. The Labute approximate surface area is 128 Å². The third kappa shape index (κ3) is 2.99. The van der Waals surface area contributed by atoms with E-state index in [1.165, 1.54) is 24.2 Å². The quantitative estimate of drug-likeness (QED) is 0.940. The summed E-state index contributed by atoms with van der Waals surface area (Å²) >= 11 is 1.51. The van der Waals surface area contributed by atoms with Gasteiger partial charge in [0.15, 0.2) is 5.69 Å². The summed E-state index contributed by atoms with van der Waals surface area (Å²) in [6.07, 6.45) is 2.40. The van der Waals surface area contributed by atoms with Gasteiger partial charge in [-0.05, 0) is 38.4 Å². The van der Waals surface area contributed by atoms with Crippen LogP contribution in [0.5, 0.6) is 0 Å². The van der Waals surface area contributed by atoms with Crippen molar-refractivity contribution < 1.29 is 9.90 Å². The van der Waals surface area contributed by atoms with E-state index in [1.807, 2.05) is 31.2 Å². The van der Waals surface area contributed by atoms with Gasteiger partial charge in [0.05, 0.1) is 4.88 Å². The van der Waals surface area contributed by atoms with Crippen LogP contribution in [0.2, 0.25) is 0 Å². The normalized spacial score (nSPS) is 15.5. The Kier molecular flexibility index (Phi) is 4.03. The monoisotopic (exact) mass is 302 g/mol. The van der Waals surface area contributed by atoms with Crippen LogP contribution in [0.4, 0.5) is 0 Å². The topological polar surface area (TPSA) is 53.4 Å². The van der Waals surface area contributed by atoms with Gasteiger partial charge in [-0.2, -0.15) is 0 Å². The van der Waals surface area contributed by atoms with Gasteiger partial charge in [0.25, 0.3) is 0 Å². The van der Waals surface area contributed by atoms with Crippen LogP contribution in [0.15, 0.2) is 24.3 Å². The fraction of sp³-hybridized carbons (Fsp3) is 0.375. The molecule has 110 valence electrons. The molecule has 1 aromatic carbocycles. The molecule has 0 bridgehead atoms. The summed E-state index contributed by atoms with van der Waals surface area (Å²) in [6, 6.07) is 7.97. The molecule has 0 atom stereocenters. The number of benzene rings is 1. The first-order valence-corrected chi connectivity index (χ1v) is 7.98. The number of rotatable bonds is 4. The molecule has 1 fully saturated rings. The highest BCUT2D eigenvalue weighted by atomic mass is 32.1. The number of carboxylic acids is 1. The number of aromatic nitrogens is 1. The molecular weight excluding hydrogens is 284 g/mol. The van der Waals surface area contributed by atoms with Gasteiger partial charge >= 0.3 is 5.97 Å². The largest absolute Gasteiger partial charge is 0.476 e. The minimum Gasteiger partial charge on any atom is -0.476 e. The first kappa shape index (κ1) is 14.2. The molecule has 5 heteroatoms. The molecule has 1 aromatic heterocycles. The molecule has 1 aliphatic heterocycles. The third-order valence-corrected chi connectivity index (χ3v) is 4.91. The van der Waals surface area contributed by atoms with Crippen molar-refractivity contribution >= 4 is 17.3 Å². The van der Waals surface area contributed by atoms with Crippen molar-refractivity contribution in [3.05, 3.63) is 40.4 Å². The Balaban J connectivity index is 1.96. The predicted molar refractivity (Wildman–Crippen MR) is 83.8 cm³/mol. The smallest absolute Gasteiger partial charge is 0.355 e. The average Bonchev–Trinajstić information content (AvgIpc) is 3.09. The molecule has 3 rings (SSSR count). The van der Waals surface area contributed by atoms with Gasteiger partial charge in [0.1, 0.15) is 5.01 Å². The van der Waals surface area contributed by atoms with Crippen LogP contribution in [-0.2, 0) is 6.54 Å². The molecule has 1 aliphatic rings. The van der Waals surface area contributed by atoms with Crippen LogP contribution in [0.1, 0.15) is 33.8 Å². The predicted octanol–water partition coefficient (Wildman–Crippen LogP) is 3.41. The number of aromatic carboxylic acids is 1. The zero-order chi connectivity index (χ0) is 14.8. The standard InChI is InChI=1S/C16H18N2O2S/c1-11-6-2-3-7-12(11)15-17-14(16(19)20)13(21-15)10-18-8-4-5-9-18/h2-3,6-7H,4-5,8-10H2,1H3,(H,19,20). The first-order chi connectivity index (χ1) is 10.1. The number of nitrogens with zero attached hydrogens (tertiary/aromatic N) is 2. The van der Waals surface area contributed by atoms with E-state index in [0.29, 0.717) is 6.54 Å². The van der Waals surface area contributed by atoms with Crippen LogP contribution in [0, 0.1) is 6.92 Å². The molecule has 0 unspecified atom stereocenters. The van der Waals surface area contributed by atoms with Gasteiger partial charge in [-0.15, -0.1) is 11.3 Å². The maximum absolute atomic E-state index is 11.5. The van der Waals surface area contributed by atoms with E-state index in [4.69, 9.17) is 0 Å². The molecule has 4 nitrogen and oxygen atoms in total. The number of hydrogen-bond donors (Lipinski definition) is 1. The van der Waals surface area contributed by atoms with Crippen LogP contribution in [0.25, 0.3) is 10.6 Å². The maximum atomic E-state index is 11.5. The van der Waals surface area contributed by atoms with Crippen molar-refractivity contribution in [2.24, 2.45) is 0 Å². The third-order valence-electron chi connectivity index (χ3n) is 3.84. The van der Waals surface area contributed by atoms with Crippen LogP contribution in [-0.4, -0.2) is 34.0 Å². The summed E-state index contributed by atoms with van der Waals surface area (Å²) in [5, 5.41) is 10.2. The fourth-order valence-electron chi connectivity index (χ4n) is 2.70.